The van der Waals surface area contributed by atoms with E-state index in [1.165, 1.54) is 36.4 Å². The number of nitrogens with two attached hydrogens (primary N) is 1. The van der Waals surface area contributed by atoms with E-state index in [0.717, 1.165) is 0 Å². The van der Waals surface area contributed by atoms with Crippen LogP contribution in [-0.2, 0) is 11.2 Å². The van der Waals surface area contributed by atoms with Crippen molar-refractivity contribution in [3.05, 3.63) is 79.7 Å². The standard InChI is InChI=1S/C15H11Cl4NO4.C7H6O3/c16-10-8(5-9(20)15(22)23)11(17)13(19)14(12(10)18)24-7-3-1-6(21)2-4-7;8-6-4-2-1-3-5(6)7(9)10/h1-4,9,21H,5,20H2,(H,22,23);1-4,8H,(H,9,10). The van der Waals surface area contributed by atoms with Gasteiger partial charge in [0, 0.05) is 6.42 Å². The summed E-state index contributed by atoms with van der Waals surface area (Å²) in [6, 6.07) is 10.4. The number of hydrogen-bond donors (Lipinski definition) is 5. The third-order valence-corrected chi connectivity index (χ3v) is 6.00. The molecule has 3 aromatic carbocycles. The summed E-state index contributed by atoms with van der Waals surface area (Å²) in [6.07, 6.45) is -0.147. The number of phenolic OH excluding ortho intramolecular Hbond substituents is 1. The van der Waals surface area contributed by atoms with Gasteiger partial charge in [0.05, 0.1) is 10.0 Å². The minimum atomic E-state index is -1.21. The normalized spacial score (nSPS) is 11.2. The lowest BCUT2D eigenvalue weighted by Crippen LogP contribution is -2.32. The van der Waals surface area contributed by atoms with E-state index < -0.39 is 18.0 Å². The first-order valence-electron chi connectivity index (χ1n) is 9.25. The van der Waals surface area contributed by atoms with Crippen molar-refractivity contribution < 1.29 is 34.8 Å². The molecule has 0 amide bonds. The molecular formula is C22H17Cl4NO7. The van der Waals surface area contributed by atoms with Gasteiger partial charge in [0.2, 0.25) is 0 Å². The lowest BCUT2D eigenvalue weighted by atomic mass is 10.1. The van der Waals surface area contributed by atoms with Gasteiger partial charge in [-0.2, -0.15) is 0 Å². The number of carboxylic acid groups (broad SMARTS) is 2. The number of carbonyl (C=O) groups is 2. The molecule has 1 unspecified atom stereocenters. The van der Waals surface area contributed by atoms with Crippen molar-refractivity contribution in [2.24, 2.45) is 5.73 Å². The van der Waals surface area contributed by atoms with Crippen LogP contribution in [0.15, 0.2) is 48.5 Å². The van der Waals surface area contributed by atoms with E-state index >= 15 is 0 Å². The molecule has 0 saturated heterocycles. The molecule has 0 fully saturated rings. The van der Waals surface area contributed by atoms with Gasteiger partial charge in [-0.1, -0.05) is 58.5 Å². The second kappa shape index (κ2) is 12.0. The first-order chi connectivity index (χ1) is 15.9. The Bertz CT molecular complexity index is 1170. The first kappa shape index (κ1) is 27.4. The average Bonchev–Trinajstić information content (AvgIpc) is 2.80. The van der Waals surface area contributed by atoms with E-state index in [4.69, 9.17) is 72.2 Å². The lowest BCUT2D eigenvalue weighted by molar-refractivity contribution is -0.138. The molecular weight excluding hydrogens is 532 g/mol. The molecule has 0 aliphatic rings. The predicted molar refractivity (Wildman–Crippen MR) is 129 cm³/mol. The molecule has 1 atom stereocenters. The molecule has 3 rings (SSSR count). The number of benzene rings is 3. The number of aromatic carboxylic acids is 1. The monoisotopic (exact) mass is 547 g/mol. The third-order valence-electron chi connectivity index (χ3n) is 4.25. The highest BCUT2D eigenvalue weighted by atomic mass is 35.5. The van der Waals surface area contributed by atoms with Gasteiger partial charge in [0.1, 0.15) is 38.9 Å². The van der Waals surface area contributed by atoms with Gasteiger partial charge in [-0.15, -0.1) is 0 Å². The van der Waals surface area contributed by atoms with E-state index in [9.17, 15) is 14.7 Å². The molecule has 0 saturated carbocycles. The van der Waals surface area contributed by atoms with Crippen LogP contribution in [0.3, 0.4) is 0 Å². The second-order valence-corrected chi connectivity index (χ2v) is 8.14. The fourth-order valence-electron chi connectivity index (χ4n) is 2.52. The van der Waals surface area contributed by atoms with E-state index in [1.54, 1.807) is 12.1 Å². The maximum absolute atomic E-state index is 10.9. The Labute approximate surface area is 213 Å². The molecule has 6 N–H and O–H groups in total. The Balaban J connectivity index is 0.000000340. The smallest absolute Gasteiger partial charge is 0.339 e. The van der Waals surface area contributed by atoms with E-state index in [1.807, 2.05) is 0 Å². The van der Waals surface area contributed by atoms with Crippen LogP contribution >= 0.6 is 46.4 Å². The number of halogens is 4. The van der Waals surface area contributed by atoms with Crippen LogP contribution < -0.4 is 10.5 Å². The molecule has 0 aliphatic carbocycles. The highest BCUT2D eigenvalue weighted by molar-refractivity contribution is 6.49. The quantitative estimate of drug-likeness (QED) is 0.241. The predicted octanol–water partition coefficient (Wildman–Crippen LogP) is 5.84. The summed E-state index contributed by atoms with van der Waals surface area (Å²) < 4.78 is 5.57. The summed E-state index contributed by atoms with van der Waals surface area (Å²) in [7, 11) is 0. The number of rotatable bonds is 6. The Hall–Kier alpha value is -2.88. The van der Waals surface area contributed by atoms with Crippen molar-refractivity contribution in [3.8, 4) is 23.0 Å². The van der Waals surface area contributed by atoms with Gasteiger partial charge in [-0.3, -0.25) is 4.79 Å². The molecule has 0 spiro atoms. The highest BCUT2D eigenvalue weighted by Crippen LogP contribution is 2.47. The topological polar surface area (TPSA) is 150 Å². The Morgan fingerprint density at radius 3 is 1.82 bits per heavy atom. The van der Waals surface area contributed by atoms with E-state index in [-0.39, 0.29) is 54.9 Å². The first-order valence-corrected chi connectivity index (χ1v) is 10.8. The number of hydrogen-bond acceptors (Lipinski definition) is 6. The van der Waals surface area contributed by atoms with Gasteiger partial charge in [-0.05, 0) is 42.0 Å². The number of carboxylic acids is 2. The fraction of sp³-hybridized carbons (Fsp3) is 0.0909. The minimum absolute atomic E-state index is 0.0107. The lowest BCUT2D eigenvalue weighted by Gasteiger charge is -2.17. The van der Waals surface area contributed by atoms with Crippen molar-refractivity contribution in [2.45, 2.75) is 12.5 Å². The molecule has 8 nitrogen and oxygen atoms in total. The largest absolute Gasteiger partial charge is 0.508 e. The fourth-order valence-corrected chi connectivity index (χ4v) is 3.63. The van der Waals surface area contributed by atoms with Crippen molar-refractivity contribution in [3.63, 3.8) is 0 Å². The van der Waals surface area contributed by atoms with Crippen molar-refractivity contribution >= 4 is 58.3 Å². The zero-order valence-corrected chi connectivity index (χ0v) is 20.0. The number of phenols is 2. The second-order valence-electron chi connectivity index (χ2n) is 6.63. The number of ether oxygens (including phenoxy) is 1. The van der Waals surface area contributed by atoms with Crippen LogP contribution in [0.1, 0.15) is 15.9 Å². The molecule has 3 aromatic rings. The molecule has 0 bridgehead atoms. The van der Waals surface area contributed by atoms with Crippen LogP contribution in [0.5, 0.6) is 23.0 Å². The van der Waals surface area contributed by atoms with Crippen LogP contribution in [0, 0.1) is 0 Å². The van der Waals surface area contributed by atoms with Crippen molar-refractivity contribution in [1.29, 1.82) is 0 Å². The van der Waals surface area contributed by atoms with Gasteiger partial charge >= 0.3 is 11.9 Å². The maximum atomic E-state index is 10.9. The van der Waals surface area contributed by atoms with Gasteiger partial charge < -0.3 is 30.9 Å². The van der Waals surface area contributed by atoms with Crippen LogP contribution in [0.25, 0.3) is 0 Å². The van der Waals surface area contributed by atoms with Gasteiger partial charge in [0.25, 0.3) is 0 Å². The Kier molecular flexibility index (Phi) is 9.66. The summed E-state index contributed by atoms with van der Waals surface area (Å²) in [5.74, 6) is -2.09. The molecule has 0 radical (unpaired) electrons. The minimum Gasteiger partial charge on any atom is -0.508 e. The number of para-hydroxylation sites is 1. The summed E-state index contributed by atoms with van der Waals surface area (Å²) in [4.78, 5) is 21.2. The van der Waals surface area contributed by atoms with E-state index in [0.29, 0.717) is 5.75 Å². The molecule has 0 heterocycles. The molecule has 12 heteroatoms. The van der Waals surface area contributed by atoms with Gasteiger partial charge in [-0.25, -0.2) is 4.79 Å². The number of aliphatic carboxylic acids is 1. The highest BCUT2D eigenvalue weighted by Gasteiger charge is 2.25. The zero-order valence-electron chi connectivity index (χ0n) is 17.0. The van der Waals surface area contributed by atoms with Gasteiger partial charge in [0.15, 0.2) is 5.75 Å². The van der Waals surface area contributed by atoms with Crippen LogP contribution in [0.2, 0.25) is 20.1 Å². The third kappa shape index (κ3) is 6.82. The van der Waals surface area contributed by atoms with E-state index in [2.05, 4.69) is 0 Å². The molecule has 0 aliphatic heterocycles. The zero-order chi connectivity index (χ0) is 25.6. The van der Waals surface area contributed by atoms with Crippen LogP contribution in [0.4, 0.5) is 0 Å². The Morgan fingerprint density at radius 1 is 0.853 bits per heavy atom. The average molecular weight is 549 g/mol. The van der Waals surface area contributed by atoms with Crippen LogP contribution in [-0.4, -0.2) is 38.4 Å². The summed E-state index contributed by atoms with van der Waals surface area (Å²) >= 11 is 24.7. The molecule has 180 valence electrons. The van der Waals surface area contributed by atoms with Crippen molar-refractivity contribution in [1.82, 2.24) is 0 Å². The Morgan fingerprint density at radius 2 is 1.38 bits per heavy atom. The maximum Gasteiger partial charge on any atom is 0.339 e. The summed E-state index contributed by atoms with van der Waals surface area (Å²) in [5.41, 5.74) is 5.66. The number of aromatic hydroxyl groups is 2. The SMILES string of the molecule is NC(Cc1c(Cl)c(Cl)c(Oc2ccc(O)cc2)c(Cl)c1Cl)C(=O)O.O=C(O)c1ccccc1O. The molecule has 0 aromatic heterocycles. The summed E-state index contributed by atoms with van der Waals surface area (Å²) in [6.45, 7) is 0. The van der Waals surface area contributed by atoms with Crippen molar-refractivity contribution in [2.75, 3.05) is 0 Å². The molecule has 34 heavy (non-hydrogen) atoms. The summed E-state index contributed by atoms with van der Waals surface area (Å²) in [5, 5.41) is 35.5.